The van der Waals surface area contributed by atoms with Crippen LogP contribution < -0.4 is 0 Å². The molecule has 6 heteroatoms. The van der Waals surface area contributed by atoms with Crippen molar-refractivity contribution in [1.29, 1.82) is 0 Å². The van der Waals surface area contributed by atoms with Crippen molar-refractivity contribution in [3.8, 4) is 0 Å². The summed E-state index contributed by atoms with van der Waals surface area (Å²) >= 11 is 0. The van der Waals surface area contributed by atoms with Gasteiger partial charge >= 0.3 is 11.9 Å². The van der Waals surface area contributed by atoms with Crippen molar-refractivity contribution in [3.63, 3.8) is 0 Å². The van der Waals surface area contributed by atoms with Gasteiger partial charge in [-0.3, -0.25) is 0 Å². The van der Waals surface area contributed by atoms with Crippen molar-refractivity contribution in [3.05, 3.63) is 34.9 Å². The predicted octanol–water partition coefficient (Wildman–Crippen LogP) is 3.22. The van der Waals surface area contributed by atoms with Gasteiger partial charge in [0.2, 0.25) is 0 Å². The van der Waals surface area contributed by atoms with Crippen molar-refractivity contribution < 1.29 is 19.8 Å². The largest absolute Gasteiger partial charge is 0.478 e. The predicted molar refractivity (Wildman–Crippen MR) is 73.6 cm³/mol. The normalized spacial score (nSPS) is 9.94. The highest BCUT2D eigenvalue weighted by Gasteiger charge is 2.19. The lowest BCUT2D eigenvalue weighted by Crippen LogP contribution is -2.14. The molecule has 18 heavy (non-hydrogen) atoms. The third-order valence-electron chi connectivity index (χ3n) is 2.29. The van der Waals surface area contributed by atoms with Crippen LogP contribution in [0.5, 0.6) is 0 Å². The van der Waals surface area contributed by atoms with Gasteiger partial charge in [0, 0.05) is 0 Å². The van der Waals surface area contributed by atoms with E-state index in [0.29, 0.717) is 5.56 Å². The molecule has 2 N–H and O–H groups in total. The molecule has 0 aliphatic heterocycles. The minimum absolute atomic E-state index is 0. The number of hydrogen-bond donors (Lipinski definition) is 2. The second-order valence-electron chi connectivity index (χ2n) is 4.66. The summed E-state index contributed by atoms with van der Waals surface area (Å²) in [4.78, 5) is 21.7. The molecule has 1 aromatic rings. The van der Waals surface area contributed by atoms with Gasteiger partial charge in [-0.05, 0) is 29.2 Å². The van der Waals surface area contributed by atoms with Gasteiger partial charge in [0.1, 0.15) is 0 Å². The van der Waals surface area contributed by atoms with Crippen LogP contribution in [-0.4, -0.2) is 22.2 Å². The summed E-state index contributed by atoms with van der Waals surface area (Å²) in [7, 11) is 0. The van der Waals surface area contributed by atoms with E-state index in [9.17, 15) is 9.59 Å². The molecule has 0 fully saturated rings. The summed E-state index contributed by atoms with van der Waals surface area (Å²) < 4.78 is 0. The fourth-order valence-corrected chi connectivity index (χ4v) is 1.31. The van der Waals surface area contributed by atoms with Gasteiger partial charge in [-0.1, -0.05) is 20.8 Å². The molecule has 0 spiro atoms. The topological polar surface area (TPSA) is 74.6 Å². The van der Waals surface area contributed by atoms with E-state index >= 15 is 0 Å². The van der Waals surface area contributed by atoms with E-state index in [1.54, 1.807) is 0 Å². The third-order valence-corrected chi connectivity index (χ3v) is 2.29. The van der Waals surface area contributed by atoms with Crippen molar-refractivity contribution in [2.24, 2.45) is 0 Å². The molecular formula is C12H16Cl2O4. The summed E-state index contributed by atoms with van der Waals surface area (Å²) in [5.41, 5.74) is 0.426. The molecule has 4 nitrogen and oxygen atoms in total. The van der Waals surface area contributed by atoms with E-state index in [1.807, 2.05) is 20.8 Å². The molecule has 1 aromatic carbocycles. The maximum absolute atomic E-state index is 10.9. The molecule has 0 aliphatic carbocycles. The smallest absolute Gasteiger partial charge is 0.335 e. The van der Waals surface area contributed by atoms with Gasteiger partial charge in [-0.2, -0.15) is 0 Å². The summed E-state index contributed by atoms with van der Waals surface area (Å²) in [6.07, 6.45) is 0. The SMILES string of the molecule is CC(C)(C)c1cc(C(=O)O)cc(C(=O)O)c1.Cl.Cl. The van der Waals surface area contributed by atoms with Crippen molar-refractivity contribution in [1.82, 2.24) is 0 Å². The molecule has 1 rings (SSSR count). The second-order valence-corrected chi connectivity index (χ2v) is 4.66. The number of carboxylic acids is 2. The highest BCUT2D eigenvalue weighted by Crippen LogP contribution is 2.24. The van der Waals surface area contributed by atoms with Crippen molar-refractivity contribution in [2.75, 3.05) is 0 Å². The first kappa shape index (κ1) is 19.1. The van der Waals surface area contributed by atoms with E-state index in [2.05, 4.69) is 0 Å². The van der Waals surface area contributed by atoms with Gasteiger partial charge in [0.25, 0.3) is 0 Å². The number of carbonyl (C=O) groups is 2. The van der Waals surface area contributed by atoms with Crippen LogP contribution >= 0.6 is 24.8 Å². The Hall–Kier alpha value is -1.26. The molecule has 0 radical (unpaired) electrons. The minimum Gasteiger partial charge on any atom is -0.478 e. The molecule has 0 unspecified atom stereocenters. The van der Waals surface area contributed by atoms with E-state index in [0.717, 1.165) is 0 Å². The highest BCUT2D eigenvalue weighted by molar-refractivity contribution is 5.94. The molecule has 0 atom stereocenters. The minimum atomic E-state index is -1.12. The average Bonchev–Trinajstić information content (AvgIpc) is 2.15. The van der Waals surface area contributed by atoms with Gasteiger partial charge in [-0.25, -0.2) is 9.59 Å². The first-order chi connectivity index (χ1) is 7.21. The Balaban J connectivity index is 0. The van der Waals surface area contributed by atoms with Gasteiger partial charge in [0.05, 0.1) is 11.1 Å². The monoisotopic (exact) mass is 294 g/mol. The van der Waals surface area contributed by atoms with Crippen LogP contribution in [0.4, 0.5) is 0 Å². The molecule has 0 saturated heterocycles. The van der Waals surface area contributed by atoms with E-state index < -0.39 is 11.9 Å². The van der Waals surface area contributed by atoms with Crippen LogP contribution in [0.25, 0.3) is 0 Å². The first-order valence-electron chi connectivity index (χ1n) is 4.84. The Bertz CT molecular complexity index is 418. The second kappa shape index (κ2) is 6.61. The lowest BCUT2D eigenvalue weighted by molar-refractivity contribution is 0.0696. The zero-order valence-electron chi connectivity index (χ0n) is 10.3. The zero-order valence-corrected chi connectivity index (χ0v) is 11.9. The Morgan fingerprint density at radius 3 is 1.44 bits per heavy atom. The lowest BCUT2D eigenvalue weighted by Gasteiger charge is -2.20. The van der Waals surface area contributed by atoms with Crippen molar-refractivity contribution >= 4 is 36.8 Å². The number of carboxylic acid groups (broad SMARTS) is 2. The maximum atomic E-state index is 10.9. The standard InChI is InChI=1S/C12H14O4.2ClH/c1-12(2,3)9-5-7(10(13)14)4-8(6-9)11(15)16;;/h4-6H,1-3H3,(H,13,14)(H,15,16);2*1H. The van der Waals surface area contributed by atoms with Crippen LogP contribution in [0.2, 0.25) is 0 Å². The summed E-state index contributed by atoms with van der Waals surface area (Å²) in [5.74, 6) is -2.23. The van der Waals surface area contributed by atoms with Crippen molar-refractivity contribution in [2.45, 2.75) is 26.2 Å². The molecule has 0 aromatic heterocycles. The maximum Gasteiger partial charge on any atom is 0.335 e. The number of halogens is 2. The first-order valence-corrected chi connectivity index (χ1v) is 4.84. The zero-order chi connectivity index (χ0) is 12.5. The number of rotatable bonds is 2. The Kier molecular flexibility index (Phi) is 7.01. The number of aromatic carboxylic acids is 2. The average molecular weight is 295 g/mol. The van der Waals surface area contributed by atoms with E-state index in [1.165, 1.54) is 18.2 Å². The highest BCUT2D eigenvalue weighted by atomic mass is 35.5. The van der Waals surface area contributed by atoms with E-state index in [4.69, 9.17) is 10.2 Å². The van der Waals surface area contributed by atoms with Crippen LogP contribution in [0, 0.1) is 0 Å². The van der Waals surface area contributed by atoms with Crippen LogP contribution in [0.3, 0.4) is 0 Å². The third kappa shape index (κ3) is 4.55. The fourth-order valence-electron chi connectivity index (χ4n) is 1.31. The van der Waals surface area contributed by atoms with Crippen LogP contribution in [-0.2, 0) is 5.41 Å². The Labute approximate surface area is 118 Å². The summed E-state index contributed by atoms with van der Waals surface area (Å²) in [6.45, 7) is 5.71. The molecule has 0 aliphatic rings. The molecular weight excluding hydrogens is 279 g/mol. The number of benzene rings is 1. The lowest BCUT2D eigenvalue weighted by atomic mass is 9.85. The molecule has 0 heterocycles. The molecule has 0 amide bonds. The fraction of sp³-hybridized carbons (Fsp3) is 0.333. The van der Waals surface area contributed by atoms with Crippen LogP contribution in [0.15, 0.2) is 18.2 Å². The van der Waals surface area contributed by atoms with Gasteiger partial charge < -0.3 is 10.2 Å². The molecule has 0 bridgehead atoms. The van der Waals surface area contributed by atoms with Gasteiger partial charge in [-0.15, -0.1) is 24.8 Å². The molecule has 102 valence electrons. The summed E-state index contributed by atoms with van der Waals surface area (Å²) in [5, 5.41) is 17.8. The van der Waals surface area contributed by atoms with E-state index in [-0.39, 0.29) is 41.4 Å². The molecule has 0 saturated carbocycles. The summed E-state index contributed by atoms with van der Waals surface area (Å²) in [6, 6.07) is 4.18. The quantitative estimate of drug-likeness (QED) is 0.878. The van der Waals surface area contributed by atoms with Gasteiger partial charge in [0.15, 0.2) is 0 Å². The Morgan fingerprint density at radius 2 is 1.22 bits per heavy atom. The Morgan fingerprint density at radius 1 is 0.889 bits per heavy atom. The van der Waals surface area contributed by atoms with Crippen LogP contribution in [0.1, 0.15) is 47.1 Å². The number of hydrogen-bond acceptors (Lipinski definition) is 2.